The van der Waals surface area contributed by atoms with Gasteiger partial charge in [0.15, 0.2) is 0 Å². The fourth-order valence-electron chi connectivity index (χ4n) is 2.93. The second-order valence-corrected chi connectivity index (χ2v) is 5.72. The molecule has 1 aliphatic rings. The predicted octanol–water partition coefficient (Wildman–Crippen LogP) is 3.73. The van der Waals surface area contributed by atoms with E-state index in [1.54, 1.807) is 18.2 Å². The van der Waals surface area contributed by atoms with E-state index in [-0.39, 0.29) is 5.97 Å². The summed E-state index contributed by atoms with van der Waals surface area (Å²) in [6, 6.07) is 15.3. The van der Waals surface area contributed by atoms with E-state index in [1.807, 2.05) is 18.2 Å². The zero-order valence-corrected chi connectivity index (χ0v) is 13.2. The van der Waals surface area contributed by atoms with Gasteiger partial charge in [-0.3, -0.25) is 0 Å². The Kier molecular flexibility index (Phi) is 4.93. The van der Waals surface area contributed by atoms with Crippen LogP contribution in [0.3, 0.4) is 0 Å². The number of ether oxygens (including phenoxy) is 2. The molecule has 0 atom stereocenters. The zero-order valence-electron chi connectivity index (χ0n) is 13.2. The smallest absolute Gasteiger partial charge is 0.337 e. The molecule has 0 unspecified atom stereocenters. The number of carbonyl (C=O) groups is 1. The molecule has 3 rings (SSSR count). The topological polar surface area (TPSA) is 47.6 Å². The van der Waals surface area contributed by atoms with Crippen LogP contribution in [0.4, 0.5) is 0 Å². The van der Waals surface area contributed by atoms with Crippen molar-refractivity contribution in [1.82, 2.24) is 5.32 Å². The number of hydrogen-bond acceptors (Lipinski definition) is 4. The van der Waals surface area contributed by atoms with E-state index in [0.29, 0.717) is 17.2 Å². The average Bonchev–Trinajstić information content (AvgIpc) is 2.62. The second kappa shape index (κ2) is 7.29. The number of hydrogen-bond donors (Lipinski definition) is 1. The molecule has 0 saturated carbocycles. The largest absolute Gasteiger partial charge is 0.465 e. The molecule has 0 aromatic heterocycles. The van der Waals surface area contributed by atoms with E-state index in [0.717, 1.165) is 31.7 Å². The lowest BCUT2D eigenvalue weighted by Gasteiger charge is -2.23. The zero-order chi connectivity index (χ0) is 16.1. The van der Waals surface area contributed by atoms with E-state index in [2.05, 4.69) is 17.4 Å². The molecule has 4 heteroatoms. The molecule has 120 valence electrons. The molecule has 2 aromatic carbocycles. The van der Waals surface area contributed by atoms with Crippen molar-refractivity contribution in [3.05, 3.63) is 59.7 Å². The van der Waals surface area contributed by atoms with Crippen molar-refractivity contribution in [1.29, 1.82) is 0 Å². The first-order valence-corrected chi connectivity index (χ1v) is 7.93. The highest BCUT2D eigenvalue weighted by Crippen LogP contribution is 2.30. The van der Waals surface area contributed by atoms with Crippen molar-refractivity contribution in [2.75, 3.05) is 20.2 Å². The van der Waals surface area contributed by atoms with E-state index in [4.69, 9.17) is 9.47 Å². The summed E-state index contributed by atoms with van der Waals surface area (Å²) in [5, 5.41) is 3.39. The molecule has 1 heterocycles. The fraction of sp³-hybridized carbons (Fsp3) is 0.316. The second-order valence-electron chi connectivity index (χ2n) is 5.72. The molecule has 1 saturated heterocycles. The minimum absolute atomic E-state index is 0.362. The molecule has 1 fully saturated rings. The van der Waals surface area contributed by atoms with E-state index < -0.39 is 0 Å². The van der Waals surface area contributed by atoms with Gasteiger partial charge in [-0.25, -0.2) is 4.79 Å². The van der Waals surface area contributed by atoms with Crippen LogP contribution in [0.15, 0.2) is 48.5 Å². The normalized spacial score (nSPS) is 15.2. The van der Waals surface area contributed by atoms with Crippen molar-refractivity contribution in [2.24, 2.45) is 0 Å². The van der Waals surface area contributed by atoms with Crippen LogP contribution in [0.25, 0.3) is 0 Å². The summed E-state index contributed by atoms with van der Waals surface area (Å²) in [5.74, 6) is 1.65. The number of benzene rings is 2. The lowest BCUT2D eigenvalue weighted by Crippen LogP contribution is -2.26. The first kappa shape index (κ1) is 15.6. The van der Waals surface area contributed by atoms with Gasteiger partial charge in [0.05, 0.1) is 12.7 Å². The van der Waals surface area contributed by atoms with Gasteiger partial charge in [0.25, 0.3) is 0 Å². The first-order valence-electron chi connectivity index (χ1n) is 7.93. The highest BCUT2D eigenvalue weighted by Gasteiger charge is 2.15. The SMILES string of the molecule is COC(=O)c1cccc(Oc2cccc(C3CCNCC3)c2)c1. The summed E-state index contributed by atoms with van der Waals surface area (Å²) < 4.78 is 10.7. The van der Waals surface area contributed by atoms with Gasteiger partial charge in [-0.2, -0.15) is 0 Å². The molecule has 0 bridgehead atoms. The number of carbonyl (C=O) groups excluding carboxylic acids is 1. The van der Waals surface area contributed by atoms with Crippen LogP contribution in [0.2, 0.25) is 0 Å². The Hall–Kier alpha value is -2.33. The Bertz CT molecular complexity index is 678. The first-order chi connectivity index (χ1) is 11.3. The average molecular weight is 311 g/mol. The van der Waals surface area contributed by atoms with E-state index in [9.17, 15) is 4.79 Å². The molecule has 0 amide bonds. The molecule has 2 aromatic rings. The number of rotatable bonds is 4. The number of nitrogens with one attached hydrogen (secondary N) is 1. The lowest BCUT2D eigenvalue weighted by atomic mass is 9.90. The van der Waals surface area contributed by atoms with Crippen LogP contribution >= 0.6 is 0 Å². The quantitative estimate of drug-likeness (QED) is 0.874. The minimum Gasteiger partial charge on any atom is -0.465 e. The third-order valence-electron chi connectivity index (χ3n) is 4.16. The predicted molar refractivity (Wildman–Crippen MR) is 89.1 cm³/mol. The molecular formula is C19H21NO3. The Balaban J connectivity index is 1.76. The number of piperidine rings is 1. The number of esters is 1. The lowest BCUT2D eigenvalue weighted by molar-refractivity contribution is 0.0600. The van der Waals surface area contributed by atoms with Crippen LogP contribution in [0.1, 0.15) is 34.7 Å². The van der Waals surface area contributed by atoms with E-state index in [1.165, 1.54) is 12.7 Å². The summed E-state index contributed by atoms with van der Waals surface area (Å²) in [7, 11) is 1.37. The Morgan fingerprint density at radius 1 is 1.04 bits per heavy atom. The summed E-state index contributed by atoms with van der Waals surface area (Å²) in [6.45, 7) is 2.13. The van der Waals surface area contributed by atoms with Crippen molar-refractivity contribution in [3.8, 4) is 11.5 Å². The maximum Gasteiger partial charge on any atom is 0.337 e. The molecular weight excluding hydrogens is 290 g/mol. The van der Waals surface area contributed by atoms with Crippen LogP contribution in [0, 0.1) is 0 Å². The molecule has 0 radical (unpaired) electrons. The summed E-state index contributed by atoms with van der Waals surface area (Å²) >= 11 is 0. The Morgan fingerprint density at radius 3 is 2.48 bits per heavy atom. The van der Waals surface area contributed by atoms with Gasteiger partial charge in [0, 0.05) is 0 Å². The molecule has 0 aliphatic carbocycles. The van der Waals surface area contributed by atoms with Gasteiger partial charge in [-0.1, -0.05) is 18.2 Å². The standard InChI is InChI=1S/C19H21NO3/c1-22-19(21)16-5-3-7-18(13-16)23-17-6-2-4-15(12-17)14-8-10-20-11-9-14/h2-7,12-14,20H,8-11H2,1H3. The summed E-state index contributed by atoms with van der Waals surface area (Å²) in [6.07, 6.45) is 2.31. The van der Waals surface area contributed by atoms with Crippen LogP contribution in [0.5, 0.6) is 11.5 Å². The van der Waals surface area contributed by atoms with Gasteiger partial charge in [-0.15, -0.1) is 0 Å². The van der Waals surface area contributed by atoms with Crippen molar-refractivity contribution in [2.45, 2.75) is 18.8 Å². The van der Waals surface area contributed by atoms with Crippen molar-refractivity contribution >= 4 is 5.97 Å². The van der Waals surface area contributed by atoms with Gasteiger partial charge in [0.1, 0.15) is 11.5 Å². The van der Waals surface area contributed by atoms with Gasteiger partial charge in [0.2, 0.25) is 0 Å². The van der Waals surface area contributed by atoms with Gasteiger partial charge in [-0.05, 0) is 67.7 Å². The van der Waals surface area contributed by atoms with Crippen LogP contribution < -0.4 is 10.1 Å². The Labute approximate surface area is 136 Å². The van der Waals surface area contributed by atoms with Crippen molar-refractivity contribution in [3.63, 3.8) is 0 Å². The highest BCUT2D eigenvalue weighted by molar-refractivity contribution is 5.89. The third-order valence-corrected chi connectivity index (χ3v) is 4.16. The maximum atomic E-state index is 11.6. The summed E-state index contributed by atoms with van der Waals surface area (Å²) in [4.78, 5) is 11.6. The third kappa shape index (κ3) is 3.90. The molecule has 1 aliphatic heterocycles. The highest BCUT2D eigenvalue weighted by atomic mass is 16.5. The summed E-state index contributed by atoms with van der Waals surface area (Å²) in [5.41, 5.74) is 1.80. The van der Waals surface area contributed by atoms with Gasteiger partial charge >= 0.3 is 5.97 Å². The van der Waals surface area contributed by atoms with E-state index >= 15 is 0 Å². The molecule has 0 spiro atoms. The monoisotopic (exact) mass is 311 g/mol. The van der Waals surface area contributed by atoms with Crippen LogP contribution in [-0.2, 0) is 4.74 Å². The minimum atomic E-state index is -0.362. The number of methoxy groups -OCH3 is 1. The van der Waals surface area contributed by atoms with Crippen molar-refractivity contribution < 1.29 is 14.3 Å². The maximum absolute atomic E-state index is 11.6. The Morgan fingerprint density at radius 2 is 1.74 bits per heavy atom. The molecule has 4 nitrogen and oxygen atoms in total. The fourth-order valence-corrected chi connectivity index (χ4v) is 2.93. The molecule has 23 heavy (non-hydrogen) atoms. The molecule has 1 N–H and O–H groups in total. The van der Waals surface area contributed by atoms with Gasteiger partial charge < -0.3 is 14.8 Å². The van der Waals surface area contributed by atoms with Crippen LogP contribution in [-0.4, -0.2) is 26.2 Å².